The number of benzene rings is 1. The highest BCUT2D eigenvalue weighted by atomic mass is 16.5. The number of hydrogen-bond donors (Lipinski definition) is 1. The number of nitrogens with one attached hydrogen (secondary N) is 1. The molecule has 0 aliphatic carbocycles. The summed E-state index contributed by atoms with van der Waals surface area (Å²) >= 11 is 0. The molecule has 128 valence electrons. The smallest absolute Gasteiger partial charge is 0.275 e. The molecule has 1 unspecified atom stereocenters. The Hall–Kier alpha value is -2.21. The topological polar surface area (TPSA) is 73.2 Å². The predicted molar refractivity (Wildman–Crippen MR) is 91.8 cm³/mol. The molecular formula is C18H23N3O3. The quantitative estimate of drug-likeness (QED) is 0.787. The van der Waals surface area contributed by atoms with Crippen LogP contribution in [0.4, 0.5) is 0 Å². The summed E-state index contributed by atoms with van der Waals surface area (Å²) in [5, 5.41) is 8.29. The number of amides is 1. The van der Waals surface area contributed by atoms with Crippen LogP contribution in [-0.4, -0.2) is 34.9 Å². The zero-order valence-electron chi connectivity index (χ0n) is 13.7. The minimum absolute atomic E-state index is 0.0462. The van der Waals surface area contributed by atoms with Crippen LogP contribution in [0.2, 0.25) is 0 Å². The molecule has 6 heteroatoms. The Kier molecular flexibility index (Phi) is 5.59. The normalized spacial score (nSPS) is 17.2. The average molecular weight is 329 g/mol. The van der Waals surface area contributed by atoms with E-state index in [0.29, 0.717) is 18.0 Å². The number of carbonyl (C=O) groups is 1. The number of rotatable bonds is 7. The highest BCUT2D eigenvalue weighted by molar-refractivity contribution is 5.81. The summed E-state index contributed by atoms with van der Waals surface area (Å²) in [5.41, 5.74) is -0.235. The summed E-state index contributed by atoms with van der Waals surface area (Å²) in [6.07, 6.45) is 7.36. The van der Waals surface area contributed by atoms with Crippen LogP contribution < -0.4 is 10.9 Å². The van der Waals surface area contributed by atoms with Crippen LogP contribution in [0.1, 0.15) is 32.1 Å². The van der Waals surface area contributed by atoms with Crippen molar-refractivity contribution < 1.29 is 9.53 Å². The SMILES string of the molecule is O=C(Cn1ncc2ccccc2c1=O)NCCCCC1CCCO1. The van der Waals surface area contributed by atoms with E-state index in [0.717, 1.165) is 44.1 Å². The van der Waals surface area contributed by atoms with Gasteiger partial charge in [-0.15, -0.1) is 0 Å². The highest BCUT2D eigenvalue weighted by Gasteiger charge is 2.14. The second-order valence-corrected chi connectivity index (χ2v) is 6.18. The van der Waals surface area contributed by atoms with Gasteiger partial charge in [-0.3, -0.25) is 9.59 Å². The van der Waals surface area contributed by atoms with Crippen LogP contribution in [0.25, 0.3) is 10.8 Å². The summed E-state index contributed by atoms with van der Waals surface area (Å²) in [7, 11) is 0. The van der Waals surface area contributed by atoms with Crippen molar-refractivity contribution in [3.8, 4) is 0 Å². The minimum Gasteiger partial charge on any atom is -0.378 e. The maximum absolute atomic E-state index is 12.3. The molecule has 0 saturated carbocycles. The zero-order valence-corrected chi connectivity index (χ0v) is 13.7. The fraction of sp³-hybridized carbons (Fsp3) is 0.500. The molecule has 1 amide bonds. The monoisotopic (exact) mass is 329 g/mol. The lowest BCUT2D eigenvalue weighted by Gasteiger charge is -2.10. The Morgan fingerprint density at radius 3 is 3.04 bits per heavy atom. The number of nitrogens with zero attached hydrogens (tertiary/aromatic N) is 2. The number of ether oxygens (including phenoxy) is 1. The van der Waals surface area contributed by atoms with Crippen molar-refractivity contribution in [1.82, 2.24) is 15.1 Å². The van der Waals surface area contributed by atoms with Gasteiger partial charge in [-0.2, -0.15) is 5.10 Å². The van der Waals surface area contributed by atoms with Gasteiger partial charge in [0.1, 0.15) is 6.54 Å². The fourth-order valence-corrected chi connectivity index (χ4v) is 3.03. The van der Waals surface area contributed by atoms with Gasteiger partial charge in [0.05, 0.1) is 17.7 Å². The third-order valence-corrected chi connectivity index (χ3v) is 4.35. The maximum Gasteiger partial charge on any atom is 0.275 e. The van der Waals surface area contributed by atoms with Gasteiger partial charge in [0, 0.05) is 18.5 Å². The first-order valence-electron chi connectivity index (χ1n) is 8.57. The molecule has 1 aromatic heterocycles. The van der Waals surface area contributed by atoms with Gasteiger partial charge in [-0.25, -0.2) is 4.68 Å². The second kappa shape index (κ2) is 8.06. The molecule has 0 bridgehead atoms. The molecule has 1 saturated heterocycles. The number of aromatic nitrogens is 2. The predicted octanol–water partition coefficient (Wildman–Crippen LogP) is 1.86. The van der Waals surface area contributed by atoms with E-state index in [-0.39, 0.29) is 18.0 Å². The molecular weight excluding hydrogens is 306 g/mol. The van der Waals surface area contributed by atoms with Gasteiger partial charge in [0.25, 0.3) is 5.56 Å². The van der Waals surface area contributed by atoms with Gasteiger partial charge in [-0.05, 0) is 38.2 Å². The van der Waals surface area contributed by atoms with Crippen LogP contribution in [0.15, 0.2) is 35.3 Å². The number of carbonyl (C=O) groups excluding carboxylic acids is 1. The summed E-state index contributed by atoms with van der Waals surface area (Å²) in [6.45, 7) is 1.46. The van der Waals surface area contributed by atoms with Gasteiger partial charge in [0.2, 0.25) is 5.91 Å². The molecule has 24 heavy (non-hydrogen) atoms. The van der Waals surface area contributed by atoms with Gasteiger partial charge in [-0.1, -0.05) is 18.2 Å². The molecule has 1 aliphatic heterocycles. The largest absolute Gasteiger partial charge is 0.378 e. The number of fused-ring (bicyclic) bond motifs is 1. The summed E-state index contributed by atoms with van der Waals surface area (Å²) in [5.74, 6) is -0.183. The molecule has 1 aromatic carbocycles. The molecule has 1 N–H and O–H groups in total. The first-order chi connectivity index (χ1) is 11.7. The van der Waals surface area contributed by atoms with E-state index < -0.39 is 0 Å². The highest BCUT2D eigenvalue weighted by Crippen LogP contribution is 2.17. The minimum atomic E-state index is -0.235. The lowest BCUT2D eigenvalue weighted by Crippen LogP contribution is -2.34. The second-order valence-electron chi connectivity index (χ2n) is 6.18. The average Bonchev–Trinajstić information content (AvgIpc) is 3.11. The van der Waals surface area contributed by atoms with Crippen molar-refractivity contribution in [2.45, 2.75) is 44.8 Å². The molecule has 6 nitrogen and oxygen atoms in total. The van der Waals surface area contributed by atoms with Crippen LogP contribution in [0, 0.1) is 0 Å². The molecule has 2 aromatic rings. The number of hydrogen-bond acceptors (Lipinski definition) is 4. The molecule has 0 radical (unpaired) electrons. The molecule has 1 aliphatic rings. The van der Waals surface area contributed by atoms with Crippen molar-refractivity contribution in [3.05, 3.63) is 40.8 Å². The van der Waals surface area contributed by atoms with Crippen LogP contribution in [0.3, 0.4) is 0 Å². The lowest BCUT2D eigenvalue weighted by atomic mass is 10.1. The Balaban J connectivity index is 1.45. The van der Waals surface area contributed by atoms with Crippen molar-refractivity contribution in [2.24, 2.45) is 0 Å². The van der Waals surface area contributed by atoms with E-state index in [4.69, 9.17) is 4.74 Å². The van der Waals surface area contributed by atoms with Crippen molar-refractivity contribution >= 4 is 16.7 Å². The third-order valence-electron chi connectivity index (χ3n) is 4.35. The Labute approximate surface area is 140 Å². The van der Waals surface area contributed by atoms with E-state index in [2.05, 4.69) is 10.4 Å². The Bertz CT molecular complexity index is 751. The Morgan fingerprint density at radius 1 is 1.33 bits per heavy atom. The molecule has 0 spiro atoms. The summed E-state index contributed by atoms with van der Waals surface area (Å²) < 4.78 is 6.79. The molecule has 1 fully saturated rings. The van der Waals surface area contributed by atoms with Crippen LogP contribution >= 0.6 is 0 Å². The van der Waals surface area contributed by atoms with E-state index in [1.807, 2.05) is 18.2 Å². The summed E-state index contributed by atoms with van der Waals surface area (Å²) in [4.78, 5) is 24.3. The van der Waals surface area contributed by atoms with E-state index in [1.54, 1.807) is 12.3 Å². The summed E-state index contributed by atoms with van der Waals surface area (Å²) in [6, 6.07) is 7.25. The molecule has 3 rings (SSSR count). The first-order valence-corrected chi connectivity index (χ1v) is 8.57. The fourth-order valence-electron chi connectivity index (χ4n) is 3.03. The standard InChI is InChI=1S/C18H23N3O3/c22-17(19-10-4-3-7-15-8-5-11-24-15)13-21-18(23)16-9-2-1-6-14(16)12-20-21/h1-2,6,9,12,15H,3-5,7-8,10-11,13H2,(H,19,22). The third kappa shape index (κ3) is 4.20. The van der Waals surface area contributed by atoms with Crippen molar-refractivity contribution in [2.75, 3.05) is 13.2 Å². The van der Waals surface area contributed by atoms with Gasteiger partial charge >= 0.3 is 0 Å². The number of unbranched alkanes of at least 4 members (excludes halogenated alkanes) is 1. The van der Waals surface area contributed by atoms with Crippen LogP contribution in [-0.2, 0) is 16.1 Å². The van der Waals surface area contributed by atoms with Crippen molar-refractivity contribution in [3.63, 3.8) is 0 Å². The van der Waals surface area contributed by atoms with Crippen molar-refractivity contribution in [1.29, 1.82) is 0 Å². The lowest BCUT2D eigenvalue weighted by molar-refractivity contribution is -0.121. The van der Waals surface area contributed by atoms with Gasteiger partial charge < -0.3 is 10.1 Å². The Morgan fingerprint density at radius 2 is 2.21 bits per heavy atom. The zero-order chi connectivity index (χ0) is 16.8. The maximum atomic E-state index is 12.3. The molecule has 1 atom stereocenters. The molecule has 2 heterocycles. The van der Waals surface area contributed by atoms with E-state index in [1.165, 1.54) is 4.68 Å². The van der Waals surface area contributed by atoms with Crippen LogP contribution in [0.5, 0.6) is 0 Å². The van der Waals surface area contributed by atoms with Gasteiger partial charge in [0.15, 0.2) is 0 Å². The first kappa shape index (κ1) is 16.6. The van der Waals surface area contributed by atoms with E-state index >= 15 is 0 Å². The van der Waals surface area contributed by atoms with E-state index in [9.17, 15) is 9.59 Å².